The van der Waals surface area contributed by atoms with E-state index >= 15 is 0 Å². The average molecular weight is 318 g/mol. The summed E-state index contributed by atoms with van der Waals surface area (Å²) in [5, 5.41) is 3.40. The minimum atomic E-state index is 0.615. The number of halogens is 1. The highest BCUT2D eigenvalue weighted by Gasteiger charge is 2.15. The Bertz CT molecular complexity index is 568. The van der Waals surface area contributed by atoms with Crippen LogP contribution in [-0.4, -0.2) is 6.54 Å². The van der Waals surface area contributed by atoms with Crippen molar-refractivity contribution < 1.29 is 4.74 Å². The summed E-state index contributed by atoms with van der Waals surface area (Å²) in [6.45, 7) is 2.55. The average Bonchev–Trinajstić information content (AvgIpc) is 2.45. The second-order valence-electron chi connectivity index (χ2n) is 4.74. The molecule has 0 amide bonds. The topological polar surface area (TPSA) is 21.3 Å². The zero-order valence-corrected chi connectivity index (χ0v) is 12.2. The van der Waals surface area contributed by atoms with Gasteiger partial charge in [0, 0.05) is 16.6 Å². The summed E-state index contributed by atoms with van der Waals surface area (Å²) in [5.41, 5.74) is 3.88. The van der Waals surface area contributed by atoms with Crippen molar-refractivity contribution in [3.05, 3.63) is 63.6 Å². The molecule has 0 saturated heterocycles. The Labute approximate surface area is 121 Å². The molecular weight excluding hydrogens is 302 g/mol. The van der Waals surface area contributed by atoms with Crippen molar-refractivity contribution in [2.75, 3.05) is 6.54 Å². The van der Waals surface area contributed by atoms with Gasteiger partial charge in [-0.25, -0.2) is 0 Å². The summed E-state index contributed by atoms with van der Waals surface area (Å²) < 4.78 is 7.10. The monoisotopic (exact) mass is 317 g/mol. The van der Waals surface area contributed by atoms with Crippen molar-refractivity contribution in [2.24, 2.45) is 0 Å². The van der Waals surface area contributed by atoms with Crippen molar-refractivity contribution in [3.8, 4) is 5.75 Å². The Morgan fingerprint density at radius 2 is 2.00 bits per heavy atom. The molecule has 0 spiro atoms. The van der Waals surface area contributed by atoms with E-state index in [4.69, 9.17) is 4.74 Å². The molecule has 0 saturated carbocycles. The van der Waals surface area contributed by atoms with Crippen LogP contribution in [0.25, 0.3) is 0 Å². The van der Waals surface area contributed by atoms with Crippen LogP contribution in [0.4, 0.5) is 0 Å². The molecule has 2 nitrogen and oxygen atoms in total. The Morgan fingerprint density at radius 3 is 2.84 bits per heavy atom. The van der Waals surface area contributed by atoms with Crippen LogP contribution in [-0.2, 0) is 19.6 Å². The number of rotatable bonds is 3. The number of benzene rings is 2. The molecule has 3 heteroatoms. The Kier molecular flexibility index (Phi) is 3.85. The molecule has 0 bridgehead atoms. The van der Waals surface area contributed by atoms with Crippen molar-refractivity contribution in [2.45, 2.75) is 19.6 Å². The predicted molar refractivity (Wildman–Crippen MR) is 80.3 cm³/mol. The lowest BCUT2D eigenvalue weighted by Crippen LogP contribution is -2.24. The van der Waals surface area contributed by atoms with E-state index in [0.29, 0.717) is 6.61 Å². The van der Waals surface area contributed by atoms with E-state index in [0.717, 1.165) is 29.7 Å². The third-order valence-corrected chi connectivity index (χ3v) is 3.83. The third-order valence-electron chi connectivity index (χ3n) is 3.38. The number of hydrogen-bond acceptors (Lipinski definition) is 2. The van der Waals surface area contributed by atoms with Crippen molar-refractivity contribution in [3.63, 3.8) is 0 Å². The van der Waals surface area contributed by atoms with Gasteiger partial charge in [-0.3, -0.25) is 0 Å². The molecule has 1 aliphatic rings. The first-order chi connectivity index (χ1) is 9.33. The molecule has 1 heterocycles. The minimum absolute atomic E-state index is 0.615. The van der Waals surface area contributed by atoms with Gasteiger partial charge < -0.3 is 10.1 Å². The van der Waals surface area contributed by atoms with Crippen LogP contribution >= 0.6 is 15.9 Å². The fourth-order valence-electron chi connectivity index (χ4n) is 2.39. The molecule has 2 aromatic carbocycles. The first-order valence-corrected chi connectivity index (χ1v) is 7.31. The summed E-state index contributed by atoms with van der Waals surface area (Å²) in [5.74, 6) is 0.987. The summed E-state index contributed by atoms with van der Waals surface area (Å²) in [6.07, 6.45) is 1.07. The highest BCUT2D eigenvalue weighted by atomic mass is 79.9. The number of hydrogen-bond donors (Lipinski definition) is 1. The van der Waals surface area contributed by atoms with Crippen LogP contribution in [0, 0.1) is 0 Å². The molecule has 3 rings (SSSR count). The van der Waals surface area contributed by atoms with Crippen LogP contribution < -0.4 is 10.1 Å². The lowest BCUT2D eigenvalue weighted by molar-refractivity contribution is 0.300. The number of fused-ring (bicyclic) bond motifs is 1. The molecule has 1 aliphatic heterocycles. The molecule has 1 N–H and O–H groups in total. The van der Waals surface area contributed by atoms with Gasteiger partial charge in [-0.1, -0.05) is 46.3 Å². The molecule has 0 aromatic heterocycles. The van der Waals surface area contributed by atoms with Gasteiger partial charge in [-0.05, 0) is 36.2 Å². The summed E-state index contributed by atoms with van der Waals surface area (Å²) in [4.78, 5) is 0. The van der Waals surface area contributed by atoms with E-state index in [1.807, 2.05) is 18.2 Å². The maximum atomic E-state index is 6.00. The van der Waals surface area contributed by atoms with Gasteiger partial charge in [0.15, 0.2) is 0 Å². The molecular formula is C16H16BrNO. The molecule has 2 aromatic rings. The smallest absolute Gasteiger partial charge is 0.125 e. The normalized spacial score (nSPS) is 13.9. The third kappa shape index (κ3) is 2.99. The van der Waals surface area contributed by atoms with E-state index in [1.165, 1.54) is 16.7 Å². The van der Waals surface area contributed by atoms with E-state index in [1.54, 1.807) is 0 Å². The van der Waals surface area contributed by atoms with Gasteiger partial charge in [-0.2, -0.15) is 0 Å². The van der Waals surface area contributed by atoms with Gasteiger partial charge >= 0.3 is 0 Å². The lowest BCUT2D eigenvalue weighted by Gasteiger charge is -2.21. The first-order valence-electron chi connectivity index (χ1n) is 6.51. The molecule has 0 aliphatic carbocycles. The Balaban J connectivity index is 1.82. The molecule has 19 heavy (non-hydrogen) atoms. The molecule has 98 valence electrons. The van der Waals surface area contributed by atoms with Gasteiger partial charge in [-0.15, -0.1) is 0 Å². The van der Waals surface area contributed by atoms with Gasteiger partial charge in [0.05, 0.1) is 0 Å². The fourth-order valence-corrected chi connectivity index (χ4v) is 2.87. The van der Waals surface area contributed by atoms with Gasteiger partial charge in [0.1, 0.15) is 12.4 Å². The van der Waals surface area contributed by atoms with E-state index in [-0.39, 0.29) is 0 Å². The lowest BCUT2D eigenvalue weighted by atomic mass is 10.0. The zero-order chi connectivity index (χ0) is 13.1. The molecule has 0 unspecified atom stereocenters. The summed E-state index contributed by atoms with van der Waals surface area (Å²) in [6, 6.07) is 14.5. The van der Waals surface area contributed by atoms with E-state index in [9.17, 15) is 0 Å². The van der Waals surface area contributed by atoms with Gasteiger partial charge in [0.25, 0.3) is 0 Å². The van der Waals surface area contributed by atoms with Crippen LogP contribution in [0.1, 0.15) is 16.7 Å². The van der Waals surface area contributed by atoms with Crippen molar-refractivity contribution >= 4 is 15.9 Å². The summed E-state index contributed by atoms with van der Waals surface area (Å²) in [7, 11) is 0. The zero-order valence-electron chi connectivity index (χ0n) is 10.7. The summed E-state index contributed by atoms with van der Waals surface area (Å²) >= 11 is 3.57. The van der Waals surface area contributed by atoms with E-state index in [2.05, 4.69) is 45.5 Å². The maximum absolute atomic E-state index is 6.00. The Hall–Kier alpha value is -1.32. The minimum Gasteiger partial charge on any atom is -0.489 e. The van der Waals surface area contributed by atoms with Crippen LogP contribution in [0.2, 0.25) is 0 Å². The fraction of sp³-hybridized carbons (Fsp3) is 0.250. The molecule has 0 atom stereocenters. The molecule has 0 radical (unpaired) electrons. The SMILES string of the molecule is Brc1cc2c(c(OCc3ccccc3)c1)CNCC2. The van der Waals surface area contributed by atoms with Crippen molar-refractivity contribution in [1.82, 2.24) is 5.32 Å². The van der Waals surface area contributed by atoms with Crippen LogP contribution in [0.15, 0.2) is 46.9 Å². The van der Waals surface area contributed by atoms with Crippen molar-refractivity contribution in [1.29, 1.82) is 0 Å². The first kappa shape index (κ1) is 12.7. The quantitative estimate of drug-likeness (QED) is 0.932. The van der Waals surface area contributed by atoms with Crippen LogP contribution in [0.5, 0.6) is 5.75 Å². The number of ether oxygens (including phenoxy) is 1. The van der Waals surface area contributed by atoms with E-state index < -0.39 is 0 Å². The second-order valence-corrected chi connectivity index (χ2v) is 5.66. The Morgan fingerprint density at radius 1 is 1.16 bits per heavy atom. The predicted octanol–water partition coefficient (Wildman–Crippen LogP) is 3.67. The highest BCUT2D eigenvalue weighted by Crippen LogP contribution is 2.30. The standard InChI is InChI=1S/C16H16BrNO/c17-14-8-13-6-7-18-10-15(13)16(9-14)19-11-12-4-2-1-3-5-12/h1-5,8-9,18H,6-7,10-11H2. The largest absolute Gasteiger partial charge is 0.489 e. The number of nitrogens with one attached hydrogen (secondary N) is 1. The van der Waals surface area contributed by atoms with Gasteiger partial charge in [0.2, 0.25) is 0 Å². The molecule has 0 fully saturated rings. The highest BCUT2D eigenvalue weighted by molar-refractivity contribution is 9.10. The maximum Gasteiger partial charge on any atom is 0.125 e. The van der Waals surface area contributed by atoms with Crippen LogP contribution in [0.3, 0.4) is 0 Å². The second kappa shape index (κ2) is 5.76.